The molecule has 0 amide bonds. The molecule has 2 aromatic carbocycles. The van der Waals surface area contributed by atoms with Crippen molar-refractivity contribution in [2.75, 3.05) is 0 Å². The molecule has 3 aromatic rings. The minimum Gasteiger partial charge on any atom is -0.248 e. The van der Waals surface area contributed by atoms with Gasteiger partial charge in [-0.15, -0.1) is 0 Å². The minimum atomic E-state index is -1.01. The van der Waals surface area contributed by atoms with Crippen molar-refractivity contribution in [1.82, 2.24) is 9.97 Å². The standard InChI is InChI=1S/C16H10BrClF2N2/c1-8(17)14-15(9-4-2-3-5-10(9)18)22-16-12(21-14)7-6-11(19)13(16)20/h2-8H,1H3. The molecule has 0 bridgehead atoms. The average Bonchev–Trinajstić information content (AvgIpc) is 2.50. The number of aromatic nitrogens is 2. The van der Waals surface area contributed by atoms with Crippen molar-refractivity contribution >= 4 is 38.6 Å². The Morgan fingerprint density at radius 2 is 1.82 bits per heavy atom. The summed E-state index contributed by atoms with van der Waals surface area (Å²) in [7, 11) is 0. The molecule has 0 aliphatic heterocycles. The van der Waals surface area contributed by atoms with E-state index in [-0.39, 0.29) is 10.3 Å². The second-order valence-electron chi connectivity index (χ2n) is 4.78. The number of fused-ring (bicyclic) bond motifs is 1. The van der Waals surface area contributed by atoms with Gasteiger partial charge in [0.2, 0.25) is 0 Å². The van der Waals surface area contributed by atoms with E-state index in [0.29, 0.717) is 27.5 Å². The van der Waals surface area contributed by atoms with Crippen LogP contribution in [0.3, 0.4) is 0 Å². The molecule has 22 heavy (non-hydrogen) atoms. The highest BCUT2D eigenvalue weighted by Crippen LogP contribution is 2.35. The Balaban J connectivity index is 2.39. The van der Waals surface area contributed by atoms with Gasteiger partial charge in [0.1, 0.15) is 5.52 Å². The van der Waals surface area contributed by atoms with E-state index in [2.05, 4.69) is 25.9 Å². The van der Waals surface area contributed by atoms with E-state index < -0.39 is 11.6 Å². The van der Waals surface area contributed by atoms with Crippen LogP contribution in [0.2, 0.25) is 5.02 Å². The van der Waals surface area contributed by atoms with Crippen LogP contribution in [0.25, 0.3) is 22.3 Å². The SMILES string of the molecule is CC(Br)c1nc2ccc(F)c(F)c2nc1-c1ccccc1Cl. The Morgan fingerprint density at radius 3 is 2.50 bits per heavy atom. The summed E-state index contributed by atoms with van der Waals surface area (Å²) in [6.45, 7) is 1.88. The fourth-order valence-electron chi connectivity index (χ4n) is 2.21. The summed E-state index contributed by atoms with van der Waals surface area (Å²) >= 11 is 9.67. The summed E-state index contributed by atoms with van der Waals surface area (Å²) in [4.78, 5) is 8.59. The third kappa shape index (κ3) is 2.59. The van der Waals surface area contributed by atoms with E-state index in [1.807, 2.05) is 6.92 Å². The number of hydrogen-bond donors (Lipinski definition) is 0. The predicted octanol–water partition coefficient (Wildman–Crippen LogP) is 5.68. The van der Waals surface area contributed by atoms with Gasteiger partial charge in [-0.3, -0.25) is 0 Å². The quantitative estimate of drug-likeness (QED) is 0.532. The topological polar surface area (TPSA) is 25.8 Å². The van der Waals surface area contributed by atoms with E-state index in [1.54, 1.807) is 24.3 Å². The van der Waals surface area contributed by atoms with Crippen molar-refractivity contribution in [2.24, 2.45) is 0 Å². The summed E-state index contributed by atoms with van der Waals surface area (Å²) in [6.07, 6.45) is 0. The molecule has 0 saturated carbocycles. The molecule has 1 atom stereocenters. The van der Waals surface area contributed by atoms with Crippen molar-refractivity contribution in [1.29, 1.82) is 0 Å². The largest absolute Gasteiger partial charge is 0.248 e. The van der Waals surface area contributed by atoms with Crippen molar-refractivity contribution in [3.63, 3.8) is 0 Å². The van der Waals surface area contributed by atoms with Gasteiger partial charge >= 0.3 is 0 Å². The van der Waals surface area contributed by atoms with Gasteiger partial charge in [-0.1, -0.05) is 45.7 Å². The molecule has 0 saturated heterocycles. The smallest absolute Gasteiger partial charge is 0.186 e. The fourth-order valence-corrected chi connectivity index (χ4v) is 2.75. The van der Waals surface area contributed by atoms with E-state index in [9.17, 15) is 8.78 Å². The van der Waals surface area contributed by atoms with Crippen LogP contribution in [0, 0.1) is 11.6 Å². The molecule has 1 heterocycles. The lowest BCUT2D eigenvalue weighted by Gasteiger charge is -2.13. The first-order valence-electron chi connectivity index (χ1n) is 6.53. The number of benzene rings is 2. The van der Waals surface area contributed by atoms with Gasteiger partial charge in [0.05, 0.1) is 26.8 Å². The monoisotopic (exact) mass is 382 g/mol. The van der Waals surface area contributed by atoms with Gasteiger partial charge in [-0.25, -0.2) is 18.7 Å². The highest BCUT2D eigenvalue weighted by atomic mass is 79.9. The zero-order valence-corrected chi connectivity index (χ0v) is 13.8. The zero-order chi connectivity index (χ0) is 15.9. The molecule has 1 aromatic heterocycles. The molecule has 0 aliphatic rings. The molecular weight excluding hydrogens is 374 g/mol. The van der Waals surface area contributed by atoms with Crippen molar-refractivity contribution in [3.05, 3.63) is 58.7 Å². The Bertz CT molecular complexity index is 868. The van der Waals surface area contributed by atoms with E-state index in [0.717, 1.165) is 6.07 Å². The van der Waals surface area contributed by atoms with Gasteiger partial charge in [-0.2, -0.15) is 0 Å². The van der Waals surface area contributed by atoms with Gasteiger partial charge in [0.15, 0.2) is 11.6 Å². The molecule has 2 nitrogen and oxygen atoms in total. The van der Waals surface area contributed by atoms with Crippen LogP contribution in [-0.4, -0.2) is 9.97 Å². The van der Waals surface area contributed by atoms with Crippen LogP contribution in [0.15, 0.2) is 36.4 Å². The molecule has 112 valence electrons. The van der Waals surface area contributed by atoms with Crippen molar-refractivity contribution in [3.8, 4) is 11.3 Å². The second kappa shape index (κ2) is 5.89. The molecule has 1 unspecified atom stereocenters. The normalized spacial score (nSPS) is 12.6. The lowest BCUT2D eigenvalue weighted by molar-refractivity contribution is 0.515. The van der Waals surface area contributed by atoms with E-state index >= 15 is 0 Å². The maximum Gasteiger partial charge on any atom is 0.186 e. The van der Waals surface area contributed by atoms with Gasteiger partial charge in [0.25, 0.3) is 0 Å². The fraction of sp³-hybridized carbons (Fsp3) is 0.125. The third-order valence-electron chi connectivity index (χ3n) is 3.26. The van der Waals surface area contributed by atoms with Crippen LogP contribution < -0.4 is 0 Å². The lowest BCUT2D eigenvalue weighted by Crippen LogP contribution is -2.02. The summed E-state index contributed by atoms with van der Waals surface area (Å²) in [5, 5.41) is 0.474. The third-order valence-corrected chi connectivity index (χ3v) is 4.02. The summed E-state index contributed by atoms with van der Waals surface area (Å²) in [5.41, 5.74) is 1.88. The van der Waals surface area contributed by atoms with Gasteiger partial charge < -0.3 is 0 Å². The molecule has 0 radical (unpaired) electrons. The van der Waals surface area contributed by atoms with Crippen LogP contribution in [0.1, 0.15) is 17.4 Å². The number of nitrogens with zero attached hydrogens (tertiary/aromatic N) is 2. The zero-order valence-electron chi connectivity index (χ0n) is 11.4. The van der Waals surface area contributed by atoms with E-state index in [1.165, 1.54) is 6.07 Å². The van der Waals surface area contributed by atoms with Crippen LogP contribution in [0.4, 0.5) is 8.78 Å². The van der Waals surface area contributed by atoms with Crippen molar-refractivity contribution < 1.29 is 8.78 Å². The Kier molecular flexibility index (Phi) is 4.10. The number of alkyl halides is 1. The average molecular weight is 384 g/mol. The number of hydrogen-bond acceptors (Lipinski definition) is 2. The molecule has 6 heteroatoms. The summed E-state index contributed by atoms with van der Waals surface area (Å²) in [6, 6.07) is 9.54. The first-order valence-corrected chi connectivity index (χ1v) is 7.83. The van der Waals surface area contributed by atoms with Gasteiger partial charge in [-0.05, 0) is 25.1 Å². The van der Waals surface area contributed by atoms with Crippen LogP contribution in [0.5, 0.6) is 0 Å². The molecule has 0 aliphatic carbocycles. The first-order chi connectivity index (χ1) is 10.5. The van der Waals surface area contributed by atoms with Gasteiger partial charge in [0, 0.05) is 5.56 Å². The Labute approximate surface area is 139 Å². The maximum absolute atomic E-state index is 14.0. The Hall–Kier alpha value is -1.59. The highest BCUT2D eigenvalue weighted by molar-refractivity contribution is 9.09. The summed E-state index contributed by atoms with van der Waals surface area (Å²) in [5.74, 6) is -1.96. The summed E-state index contributed by atoms with van der Waals surface area (Å²) < 4.78 is 27.4. The molecule has 0 N–H and O–H groups in total. The minimum absolute atomic E-state index is 0.105. The molecule has 0 fully saturated rings. The molecule has 3 rings (SSSR count). The van der Waals surface area contributed by atoms with E-state index in [4.69, 9.17) is 11.6 Å². The van der Waals surface area contributed by atoms with Crippen molar-refractivity contribution in [2.45, 2.75) is 11.8 Å². The van der Waals surface area contributed by atoms with Crippen LogP contribution in [-0.2, 0) is 0 Å². The molecule has 0 spiro atoms. The predicted molar refractivity (Wildman–Crippen MR) is 87.2 cm³/mol. The highest BCUT2D eigenvalue weighted by Gasteiger charge is 2.19. The Morgan fingerprint density at radius 1 is 1.09 bits per heavy atom. The first kappa shape index (κ1) is 15.3. The maximum atomic E-state index is 14.0. The number of halogens is 4. The lowest BCUT2D eigenvalue weighted by atomic mass is 10.1. The van der Waals surface area contributed by atoms with Crippen LogP contribution >= 0.6 is 27.5 Å². The second-order valence-corrected chi connectivity index (χ2v) is 6.56. The molecular formula is C16H10BrClF2N2. The number of rotatable bonds is 2.